The van der Waals surface area contributed by atoms with Gasteiger partial charge in [0.25, 0.3) is 0 Å². The molecule has 0 amide bonds. The number of benzene rings is 1. The van der Waals surface area contributed by atoms with Gasteiger partial charge in [-0.2, -0.15) is 5.10 Å². The predicted octanol–water partition coefficient (Wildman–Crippen LogP) is 2.08. The van der Waals surface area contributed by atoms with E-state index < -0.39 is 5.97 Å². The maximum absolute atomic E-state index is 11.6. The van der Waals surface area contributed by atoms with E-state index in [2.05, 4.69) is 5.10 Å². The Morgan fingerprint density at radius 3 is 2.50 bits per heavy atom. The Kier molecular flexibility index (Phi) is 5.46. The number of aromatic nitrogens is 2. The third kappa shape index (κ3) is 3.86. The van der Waals surface area contributed by atoms with Crippen molar-refractivity contribution in [2.75, 3.05) is 21.3 Å². The lowest BCUT2D eigenvalue weighted by Gasteiger charge is -2.20. The fourth-order valence-electron chi connectivity index (χ4n) is 2.69. The highest BCUT2D eigenvalue weighted by molar-refractivity contribution is 5.91. The van der Waals surface area contributed by atoms with Crippen molar-refractivity contribution in [1.82, 2.24) is 14.7 Å². The van der Waals surface area contributed by atoms with Gasteiger partial charge in [0.2, 0.25) is 0 Å². The van der Waals surface area contributed by atoms with E-state index in [-0.39, 0.29) is 5.56 Å². The summed E-state index contributed by atoms with van der Waals surface area (Å²) in [6.07, 6.45) is 1.97. The Labute approximate surface area is 141 Å². The Hall–Kier alpha value is -2.54. The summed E-state index contributed by atoms with van der Waals surface area (Å²) < 4.78 is 12.3. The molecule has 0 fully saturated rings. The van der Waals surface area contributed by atoms with Crippen molar-refractivity contribution >= 4 is 5.97 Å². The molecule has 7 heteroatoms. The van der Waals surface area contributed by atoms with Crippen molar-refractivity contribution in [2.45, 2.75) is 20.0 Å². The molecule has 1 aromatic carbocycles. The van der Waals surface area contributed by atoms with Crippen LogP contribution in [0.5, 0.6) is 11.5 Å². The largest absolute Gasteiger partial charge is 0.497 e. The lowest BCUT2D eigenvalue weighted by molar-refractivity contribution is 0.0693. The van der Waals surface area contributed by atoms with Crippen LogP contribution < -0.4 is 9.47 Å². The molecular weight excluding hydrogens is 310 g/mol. The van der Waals surface area contributed by atoms with Gasteiger partial charge in [-0.05, 0) is 20.0 Å². The first-order valence-corrected chi connectivity index (χ1v) is 7.51. The SMILES string of the molecule is COc1cc(OC)c(CN(C)Cc2cn(C)nc2C)c(C(=O)O)c1. The molecule has 2 aromatic rings. The maximum atomic E-state index is 11.6. The normalized spacial score (nSPS) is 10.9. The van der Waals surface area contributed by atoms with Crippen molar-refractivity contribution < 1.29 is 19.4 Å². The van der Waals surface area contributed by atoms with Crippen molar-refractivity contribution in [3.05, 3.63) is 40.7 Å². The van der Waals surface area contributed by atoms with Crippen molar-refractivity contribution in [1.29, 1.82) is 0 Å². The number of carbonyl (C=O) groups is 1. The molecule has 0 aliphatic carbocycles. The van der Waals surface area contributed by atoms with E-state index in [1.807, 2.05) is 32.1 Å². The topological polar surface area (TPSA) is 76.8 Å². The lowest BCUT2D eigenvalue weighted by Crippen LogP contribution is -2.20. The molecule has 0 unspecified atom stereocenters. The third-order valence-electron chi connectivity index (χ3n) is 3.85. The Morgan fingerprint density at radius 1 is 1.29 bits per heavy atom. The molecule has 1 N–H and O–H groups in total. The van der Waals surface area contributed by atoms with Crippen molar-refractivity contribution in [3.8, 4) is 11.5 Å². The average Bonchev–Trinajstić information content (AvgIpc) is 2.84. The number of carboxylic acids is 1. The molecule has 0 aliphatic heterocycles. The highest BCUT2D eigenvalue weighted by Gasteiger charge is 2.19. The highest BCUT2D eigenvalue weighted by atomic mass is 16.5. The summed E-state index contributed by atoms with van der Waals surface area (Å²) in [5.74, 6) is -0.0478. The predicted molar refractivity (Wildman–Crippen MR) is 89.6 cm³/mol. The van der Waals surface area contributed by atoms with Crippen LogP contribution in [-0.2, 0) is 20.1 Å². The number of hydrogen-bond acceptors (Lipinski definition) is 5. The lowest BCUT2D eigenvalue weighted by atomic mass is 10.0. The molecule has 0 atom stereocenters. The van der Waals surface area contributed by atoms with E-state index in [0.29, 0.717) is 30.2 Å². The van der Waals surface area contributed by atoms with Gasteiger partial charge in [0.05, 0.1) is 25.5 Å². The summed E-state index contributed by atoms with van der Waals surface area (Å²) in [6.45, 7) is 3.05. The van der Waals surface area contributed by atoms with Crippen LogP contribution in [0.2, 0.25) is 0 Å². The van der Waals surface area contributed by atoms with Crippen LogP contribution in [0, 0.1) is 6.92 Å². The minimum atomic E-state index is -1.01. The summed E-state index contributed by atoms with van der Waals surface area (Å²) in [7, 11) is 6.83. The molecule has 0 radical (unpaired) electrons. The summed E-state index contributed by atoms with van der Waals surface area (Å²) >= 11 is 0. The average molecular weight is 333 g/mol. The van der Waals surface area contributed by atoms with Gasteiger partial charge >= 0.3 is 5.97 Å². The minimum absolute atomic E-state index is 0.181. The zero-order chi connectivity index (χ0) is 17.9. The summed E-state index contributed by atoms with van der Waals surface area (Å²) in [6, 6.07) is 3.22. The van der Waals surface area contributed by atoms with Crippen LogP contribution in [0.3, 0.4) is 0 Å². The van der Waals surface area contributed by atoms with Crippen LogP contribution in [0.4, 0.5) is 0 Å². The summed E-state index contributed by atoms with van der Waals surface area (Å²) in [5, 5.41) is 13.8. The fraction of sp³-hybridized carbons (Fsp3) is 0.412. The van der Waals surface area contributed by atoms with Gasteiger partial charge in [-0.25, -0.2) is 4.79 Å². The third-order valence-corrected chi connectivity index (χ3v) is 3.85. The number of aryl methyl sites for hydroxylation is 2. The highest BCUT2D eigenvalue weighted by Crippen LogP contribution is 2.30. The van der Waals surface area contributed by atoms with Crippen LogP contribution in [-0.4, -0.2) is 47.0 Å². The molecule has 7 nitrogen and oxygen atoms in total. The van der Waals surface area contributed by atoms with E-state index in [1.54, 1.807) is 10.7 Å². The molecule has 130 valence electrons. The van der Waals surface area contributed by atoms with Crippen LogP contribution in [0.25, 0.3) is 0 Å². The first-order valence-electron chi connectivity index (χ1n) is 7.51. The van der Waals surface area contributed by atoms with Gasteiger partial charge in [-0.15, -0.1) is 0 Å². The standard InChI is InChI=1S/C17H23N3O4/c1-11-12(9-20(3)18-11)8-19(2)10-15-14(17(21)22)6-13(23-4)7-16(15)24-5/h6-7,9H,8,10H2,1-5H3,(H,21,22). The molecule has 0 bridgehead atoms. The Balaban J connectivity index is 2.30. The Bertz CT molecular complexity index is 740. The van der Waals surface area contributed by atoms with E-state index >= 15 is 0 Å². The smallest absolute Gasteiger partial charge is 0.336 e. The van der Waals surface area contributed by atoms with Gasteiger partial charge in [0.1, 0.15) is 11.5 Å². The molecule has 24 heavy (non-hydrogen) atoms. The maximum Gasteiger partial charge on any atom is 0.336 e. The summed E-state index contributed by atoms with van der Waals surface area (Å²) in [4.78, 5) is 13.6. The minimum Gasteiger partial charge on any atom is -0.497 e. The molecule has 2 rings (SSSR count). The molecule has 0 aliphatic rings. The second-order valence-corrected chi connectivity index (χ2v) is 5.75. The monoisotopic (exact) mass is 333 g/mol. The molecular formula is C17H23N3O4. The number of nitrogens with zero attached hydrogens (tertiary/aromatic N) is 3. The van der Waals surface area contributed by atoms with Crippen LogP contribution >= 0.6 is 0 Å². The second kappa shape index (κ2) is 7.35. The second-order valence-electron chi connectivity index (χ2n) is 5.75. The molecule has 0 saturated carbocycles. The molecule has 1 heterocycles. The van der Waals surface area contributed by atoms with E-state index in [9.17, 15) is 9.90 Å². The van der Waals surface area contributed by atoms with Crippen molar-refractivity contribution in [2.24, 2.45) is 7.05 Å². The first-order chi connectivity index (χ1) is 11.3. The Morgan fingerprint density at radius 2 is 2.00 bits per heavy atom. The fourth-order valence-corrected chi connectivity index (χ4v) is 2.69. The van der Waals surface area contributed by atoms with E-state index in [4.69, 9.17) is 9.47 Å². The van der Waals surface area contributed by atoms with Gasteiger partial charge in [-0.1, -0.05) is 0 Å². The quantitative estimate of drug-likeness (QED) is 0.836. The number of aromatic carboxylic acids is 1. The number of ether oxygens (including phenoxy) is 2. The number of hydrogen-bond donors (Lipinski definition) is 1. The molecule has 1 aromatic heterocycles. The number of methoxy groups -OCH3 is 2. The number of rotatable bonds is 7. The van der Waals surface area contributed by atoms with Gasteiger partial charge in [-0.3, -0.25) is 9.58 Å². The van der Waals surface area contributed by atoms with Gasteiger partial charge in [0.15, 0.2) is 0 Å². The van der Waals surface area contributed by atoms with Crippen LogP contribution in [0.15, 0.2) is 18.3 Å². The van der Waals surface area contributed by atoms with Gasteiger partial charge < -0.3 is 14.6 Å². The summed E-state index contributed by atoms with van der Waals surface area (Å²) in [5.41, 5.74) is 2.87. The van der Waals surface area contributed by atoms with Crippen molar-refractivity contribution in [3.63, 3.8) is 0 Å². The molecule has 0 spiro atoms. The first kappa shape index (κ1) is 17.8. The van der Waals surface area contributed by atoms with E-state index in [1.165, 1.54) is 20.3 Å². The van der Waals surface area contributed by atoms with E-state index in [0.717, 1.165) is 11.3 Å². The molecule has 0 saturated heterocycles. The van der Waals surface area contributed by atoms with Crippen LogP contribution in [0.1, 0.15) is 27.2 Å². The number of carboxylic acid groups (broad SMARTS) is 1. The zero-order valence-corrected chi connectivity index (χ0v) is 14.7. The van der Waals surface area contributed by atoms with Gasteiger partial charge in [0, 0.05) is 43.5 Å². The zero-order valence-electron chi connectivity index (χ0n) is 14.7.